The van der Waals surface area contributed by atoms with Gasteiger partial charge in [-0.05, 0) is 19.1 Å². The molecule has 3 rings (SSSR count). The Kier molecular flexibility index (Phi) is 3.52. The van der Waals surface area contributed by atoms with Gasteiger partial charge in [0.2, 0.25) is 0 Å². The summed E-state index contributed by atoms with van der Waals surface area (Å²) in [7, 11) is 0. The predicted octanol–water partition coefficient (Wildman–Crippen LogP) is 1.48. The number of H-pyrrole nitrogens is 1. The molecule has 1 aromatic carbocycles. The van der Waals surface area contributed by atoms with Crippen molar-refractivity contribution in [2.24, 2.45) is 0 Å². The molecule has 0 radical (unpaired) electrons. The van der Waals surface area contributed by atoms with E-state index >= 15 is 0 Å². The van der Waals surface area contributed by atoms with E-state index in [0.717, 1.165) is 35.5 Å². The SMILES string of the molecule is CCOc1cccc(-c2nc3c(c(=O)[nH]2)CNCC3)c1. The molecule has 1 aliphatic heterocycles. The van der Waals surface area contributed by atoms with Crippen molar-refractivity contribution >= 4 is 0 Å². The van der Waals surface area contributed by atoms with Crippen molar-refractivity contribution in [2.75, 3.05) is 13.2 Å². The monoisotopic (exact) mass is 271 g/mol. The molecule has 0 spiro atoms. The van der Waals surface area contributed by atoms with Crippen LogP contribution in [0.15, 0.2) is 29.1 Å². The summed E-state index contributed by atoms with van der Waals surface area (Å²) in [5.41, 5.74) is 2.46. The molecule has 0 saturated heterocycles. The van der Waals surface area contributed by atoms with Gasteiger partial charge in [0, 0.05) is 25.1 Å². The predicted molar refractivity (Wildman–Crippen MR) is 76.9 cm³/mol. The largest absolute Gasteiger partial charge is 0.494 e. The first kappa shape index (κ1) is 12.9. The molecule has 2 N–H and O–H groups in total. The molecule has 0 atom stereocenters. The summed E-state index contributed by atoms with van der Waals surface area (Å²) in [6, 6.07) is 7.62. The maximum absolute atomic E-state index is 12.1. The minimum atomic E-state index is -0.0565. The lowest BCUT2D eigenvalue weighted by atomic mass is 10.1. The first-order valence-corrected chi connectivity index (χ1v) is 6.84. The molecule has 0 saturated carbocycles. The number of hydrogen-bond acceptors (Lipinski definition) is 4. The van der Waals surface area contributed by atoms with Gasteiger partial charge < -0.3 is 15.0 Å². The molecule has 0 aliphatic carbocycles. The lowest BCUT2D eigenvalue weighted by Gasteiger charge is -2.16. The zero-order valence-electron chi connectivity index (χ0n) is 11.4. The number of nitrogens with zero attached hydrogens (tertiary/aromatic N) is 1. The van der Waals surface area contributed by atoms with Crippen LogP contribution in [0.1, 0.15) is 18.2 Å². The third-order valence-corrected chi connectivity index (χ3v) is 3.36. The number of nitrogens with one attached hydrogen (secondary N) is 2. The fourth-order valence-corrected chi connectivity index (χ4v) is 2.39. The van der Waals surface area contributed by atoms with Gasteiger partial charge in [0.15, 0.2) is 0 Å². The van der Waals surface area contributed by atoms with E-state index in [1.54, 1.807) is 0 Å². The van der Waals surface area contributed by atoms with E-state index in [-0.39, 0.29) is 5.56 Å². The van der Waals surface area contributed by atoms with E-state index < -0.39 is 0 Å². The zero-order valence-corrected chi connectivity index (χ0v) is 11.4. The van der Waals surface area contributed by atoms with Crippen LogP contribution < -0.4 is 15.6 Å². The fraction of sp³-hybridized carbons (Fsp3) is 0.333. The molecule has 0 fully saturated rings. The van der Waals surface area contributed by atoms with E-state index in [4.69, 9.17) is 4.74 Å². The zero-order chi connectivity index (χ0) is 13.9. The molecule has 2 heterocycles. The van der Waals surface area contributed by atoms with Crippen molar-refractivity contribution in [3.63, 3.8) is 0 Å². The van der Waals surface area contributed by atoms with Crippen molar-refractivity contribution in [1.29, 1.82) is 0 Å². The third-order valence-electron chi connectivity index (χ3n) is 3.36. The Morgan fingerprint density at radius 3 is 3.15 bits per heavy atom. The number of hydrogen-bond donors (Lipinski definition) is 2. The maximum Gasteiger partial charge on any atom is 0.255 e. The molecule has 2 aromatic rings. The van der Waals surface area contributed by atoms with E-state index in [1.165, 1.54) is 0 Å². The van der Waals surface area contributed by atoms with E-state index in [9.17, 15) is 4.79 Å². The normalized spacial score (nSPS) is 13.8. The van der Waals surface area contributed by atoms with Gasteiger partial charge >= 0.3 is 0 Å². The summed E-state index contributed by atoms with van der Waals surface area (Å²) < 4.78 is 5.48. The maximum atomic E-state index is 12.1. The van der Waals surface area contributed by atoms with Crippen LogP contribution in [0.2, 0.25) is 0 Å². The Balaban J connectivity index is 2.04. The smallest absolute Gasteiger partial charge is 0.255 e. The van der Waals surface area contributed by atoms with Crippen LogP contribution in [-0.4, -0.2) is 23.1 Å². The number of fused-ring (bicyclic) bond motifs is 1. The van der Waals surface area contributed by atoms with Gasteiger partial charge in [0.1, 0.15) is 11.6 Å². The average molecular weight is 271 g/mol. The molecular weight excluding hydrogens is 254 g/mol. The van der Waals surface area contributed by atoms with Gasteiger partial charge in [-0.25, -0.2) is 4.98 Å². The molecule has 0 bridgehead atoms. The molecule has 104 valence electrons. The number of benzene rings is 1. The van der Waals surface area contributed by atoms with Gasteiger partial charge in [-0.15, -0.1) is 0 Å². The number of aromatic nitrogens is 2. The molecule has 1 aromatic heterocycles. The summed E-state index contributed by atoms with van der Waals surface area (Å²) in [6.07, 6.45) is 0.789. The fourth-order valence-electron chi connectivity index (χ4n) is 2.39. The van der Waals surface area contributed by atoms with Crippen molar-refractivity contribution < 1.29 is 4.74 Å². The summed E-state index contributed by atoms with van der Waals surface area (Å²) in [5, 5.41) is 3.19. The van der Waals surface area contributed by atoms with Crippen molar-refractivity contribution in [3.8, 4) is 17.1 Å². The summed E-state index contributed by atoms with van der Waals surface area (Å²) in [5.74, 6) is 1.39. The Bertz CT molecular complexity index is 679. The first-order valence-electron chi connectivity index (χ1n) is 6.84. The molecule has 0 unspecified atom stereocenters. The Labute approximate surface area is 117 Å². The van der Waals surface area contributed by atoms with Crippen LogP contribution in [0.3, 0.4) is 0 Å². The topological polar surface area (TPSA) is 67.0 Å². The van der Waals surface area contributed by atoms with Gasteiger partial charge in [-0.2, -0.15) is 0 Å². The molecule has 20 heavy (non-hydrogen) atoms. The minimum Gasteiger partial charge on any atom is -0.494 e. The van der Waals surface area contributed by atoms with Crippen LogP contribution in [0, 0.1) is 0 Å². The van der Waals surface area contributed by atoms with Crippen molar-refractivity contribution in [2.45, 2.75) is 19.9 Å². The van der Waals surface area contributed by atoms with Gasteiger partial charge in [-0.3, -0.25) is 4.79 Å². The van der Waals surface area contributed by atoms with Crippen LogP contribution in [-0.2, 0) is 13.0 Å². The van der Waals surface area contributed by atoms with Crippen LogP contribution >= 0.6 is 0 Å². The first-order chi connectivity index (χ1) is 9.78. The lowest BCUT2D eigenvalue weighted by molar-refractivity contribution is 0.340. The summed E-state index contributed by atoms with van der Waals surface area (Å²) in [4.78, 5) is 19.6. The van der Waals surface area contributed by atoms with Gasteiger partial charge in [0.05, 0.1) is 17.9 Å². The second-order valence-corrected chi connectivity index (χ2v) is 4.73. The Morgan fingerprint density at radius 1 is 1.40 bits per heavy atom. The molecule has 0 amide bonds. The number of ether oxygens (including phenoxy) is 1. The Hall–Kier alpha value is -2.14. The number of rotatable bonds is 3. The quantitative estimate of drug-likeness (QED) is 0.887. The van der Waals surface area contributed by atoms with E-state index in [1.807, 2.05) is 31.2 Å². The van der Waals surface area contributed by atoms with Crippen LogP contribution in [0.25, 0.3) is 11.4 Å². The minimum absolute atomic E-state index is 0.0565. The Morgan fingerprint density at radius 2 is 2.30 bits per heavy atom. The van der Waals surface area contributed by atoms with E-state index in [0.29, 0.717) is 19.0 Å². The van der Waals surface area contributed by atoms with Crippen LogP contribution in [0.4, 0.5) is 0 Å². The van der Waals surface area contributed by atoms with E-state index in [2.05, 4.69) is 15.3 Å². The van der Waals surface area contributed by atoms with Crippen molar-refractivity contribution in [3.05, 3.63) is 45.9 Å². The standard InChI is InChI=1S/C15H17N3O2/c1-2-20-11-5-3-4-10(8-11)14-17-13-6-7-16-9-12(13)15(19)18-14/h3-5,8,16H,2,6-7,9H2,1H3,(H,17,18,19). The lowest BCUT2D eigenvalue weighted by Crippen LogP contribution is -2.31. The van der Waals surface area contributed by atoms with Crippen molar-refractivity contribution in [1.82, 2.24) is 15.3 Å². The highest BCUT2D eigenvalue weighted by Gasteiger charge is 2.15. The average Bonchev–Trinajstić information content (AvgIpc) is 2.48. The second kappa shape index (κ2) is 5.46. The molecular formula is C15H17N3O2. The highest BCUT2D eigenvalue weighted by molar-refractivity contribution is 5.57. The molecule has 1 aliphatic rings. The van der Waals surface area contributed by atoms with Gasteiger partial charge in [0.25, 0.3) is 5.56 Å². The van der Waals surface area contributed by atoms with Gasteiger partial charge in [-0.1, -0.05) is 12.1 Å². The summed E-state index contributed by atoms with van der Waals surface area (Å²) >= 11 is 0. The summed E-state index contributed by atoms with van der Waals surface area (Å²) in [6.45, 7) is 4.01. The molecule has 5 heteroatoms. The third kappa shape index (κ3) is 2.44. The molecule has 5 nitrogen and oxygen atoms in total. The number of aromatic amines is 1. The van der Waals surface area contributed by atoms with Crippen LogP contribution in [0.5, 0.6) is 5.75 Å². The second-order valence-electron chi connectivity index (χ2n) is 4.73. The highest BCUT2D eigenvalue weighted by atomic mass is 16.5. The highest BCUT2D eigenvalue weighted by Crippen LogP contribution is 2.21.